The third-order valence-electron chi connectivity index (χ3n) is 2.67. The lowest BCUT2D eigenvalue weighted by Gasteiger charge is -2.11. The second-order valence-electron chi connectivity index (χ2n) is 3.98. The van der Waals surface area contributed by atoms with Crippen LogP contribution in [0.3, 0.4) is 0 Å². The molecule has 1 aromatic heterocycles. The summed E-state index contributed by atoms with van der Waals surface area (Å²) in [5.41, 5.74) is 8.06. The van der Waals surface area contributed by atoms with Gasteiger partial charge in [0, 0.05) is 37.6 Å². The summed E-state index contributed by atoms with van der Waals surface area (Å²) in [6, 6.07) is 5.34. The molecule has 0 saturated heterocycles. The molecule has 96 valence electrons. The first-order valence-corrected chi connectivity index (χ1v) is 6.29. The fourth-order valence-corrected chi connectivity index (χ4v) is 2.36. The minimum atomic E-state index is 0.532. The third kappa shape index (κ3) is 2.89. The van der Waals surface area contributed by atoms with Crippen LogP contribution < -0.4 is 11.1 Å². The van der Waals surface area contributed by atoms with Gasteiger partial charge in [0.15, 0.2) is 0 Å². The lowest BCUT2D eigenvalue weighted by molar-refractivity contribution is 0.711. The standard InChI is InChI=1S/C12H14Cl2N4/c1-18-9(3-5-17-18)2-4-16-12-10(13)6-8(15)7-11(12)14/h3,5-7,16H,2,4,15H2,1H3. The van der Waals surface area contributed by atoms with Gasteiger partial charge in [0.1, 0.15) is 0 Å². The summed E-state index contributed by atoms with van der Waals surface area (Å²) in [6.45, 7) is 0.725. The van der Waals surface area contributed by atoms with Crippen molar-refractivity contribution < 1.29 is 0 Å². The highest BCUT2D eigenvalue weighted by atomic mass is 35.5. The van der Waals surface area contributed by atoms with E-state index in [4.69, 9.17) is 28.9 Å². The molecule has 3 N–H and O–H groups in total. The van der Waals surface area contributed by atoms with E-state index < -0.39 is 0 Å². The molecule has 0 amide bonds. The van der Waals surface area contributed by atoms with E-state index in [1.165, 1.54) is 0 Å². The van der Waals surface area contributed by atoms with Crippen molar-refractivity contribution in [2.75, 3.05) is 17.6 Å². The van der Waals surface area contributed by atoms with Crippen molar-refractivity contribution in [3.05, 3.63) is 40.1 Å². The first kappa shape index (κ1) is 13.1. The van der Waals surface area contributed by atoms with Crippen molar-refractivity contribution in [3.63, 3.8) is 0 Å². The SMILES string of the molecule is Cn1nccc1CCNc1c(Cl)cc(N)cc1Cl. The number of nitrogen functional groups attached to an aromatic ring is 1. The molecule has 4 nitrogen and oxygen atoms in total. The molecule has 0 unspecified atom stereocenters. The lowest BCUT2D eigenvalue weighted by atomic mass is 10.2. The van der Waals surface area contributed by atoms with E-state index in [0.29, 0.717) is 15.7 Å². The number of rotatable bonds is 4. The van der Waals surface area contributed by atoms with E-state index in [9.17, 15) is 0 Å². The van der Waals surface area contributed by atoms with Crippen LogP contribution in [0, 0.1) is 0 Å². The van der Waals surface area contributed by atoms with Gasteiger partial charge in [-0.15, -0.1) is 0 Å². The molecular weight excluding hydrogens is 271 g/mol. The topological polar surface area (TPSA) is 55.9 Å². The van der Waals surface area contributed by atoms with Gasteiger partial charge < -0.3 is 11.1 Å². The number of hydrogen-bond donors (Lipinski definition) is 2. The number of nitrogens with zero attached hydrogens (tertiary/aromatic N) is 2. The maximum Gasteiger partial charge on any atom is 0.0720 e. The summed E-state index contributed by atoms with van der Waals surface area (Å²) in [4.78, 5) is 0. The molecule has 18 heavy (non-hydrogen) atoms. The smallest absolute Gasteiger partial charge is 0.0720 e. The molecule has 2 aromatic rings. The maximum atomic E-state index is 6.08. The van der Waals surface area contributed by atoms with Gasteiger partial charge >= 0.3 is 0 Å². The quantitative estimate of drug-likeness (QED) is 0.849. The molecule has 0 aliphatic heterocycles. The lowest BCUT2D eigenvalue weighted by Crippen LogP contribution is -2.09. The molecule has 1 aromatic carbocycles. The Morgan fingerprint density at radius 2 is 2.00 bits per heavy atom. The Kier molecular flexibility index (Phi) is 3.99. The van der Waals surface area contributed by atoms with Gasteiger partial charge in [-0.05, 0) is 18.2 Å². The van der Waals surface area contributed by atoms with Crippen LogP contribution in [0.1, 0.15) is 5.69 Å². The fourth-order valence-electron chi connectivity index (χ4n) is 1.72. The zero-order valence-electron chi connectivity index (χ0n) is 9.95. The van der Waals surface area contributed by atoms with Crippen molar-refractivity contribution in [1.29, 1.82) is 0 Å². The number of benzene rings is 1. The van der Waals surface area contributed by atoms with Crippen LogP contribution in [-0.2, 0) is 13.5 Å². The van der Waals surface area contributed by atoms with Crippen molar-refractivity contribution in [3.8, 4) is 0 Å². The number of hydrogen-bond acceptors (Lipinski definition) is 3. The van der Waals surface area contributed by atoms with Crippen molar-refractivity contribution in [2.24, 2.45) is 7.05 Å². The van der Waals surface area contributed by atoms with Gasteiger partial charge in [-0.2, -0.15) is 5.10 Å². The number of anilines is 2. The van der Waals surface area contributed by atoms with Crippen molar-refractivity contribution >= 4 is 34.6 Å². The van der Waals surface area contributed by atoms with Gasteiger partial charge in [0.05, 0.1) is 15.7 Å². The van der Waals surface area contributed by atoms with Crippen LogP contribution in [0.5, 0.6) is 0 Å². The third-order valence-corrected chi connectivity index (χ3v) is 3.27. The molecule has 0 spiro atoms. The molecule has 0 aliphatic rings. The molecule has 0 fully saturated rings. The predicted molar refractivity (Wildman–Crippen MR) is 76.3 cm³/mol. The highest BCUT2D eigenvalue weighted by molar-refractivity contribution is 6.39. The maximum absolute atomic E-state index is 6.08. The van der Waals surface area contributed by atoms with Crippen LogP contribution in [0.15, 0.2) is 24.4 Å². The van der Waals surface area contributed by atoms with Gasteiger partial charge in [0.2, 0.25) is 0 Å². The summed E-state index contributed by atoms with van der Waals surface area (Å²) < 4.78 is 1.84. The number of halogens is 2. The minimum Gasteiger partial charge on any atom is -0.399 e. The van der Waals surface area contributed by atoms with Gasteiger partial charge in [0.25, 0.3) is 0 Å². The van der Waals surface area contributed by atoms with Gasteiger partial charge in [-0.25, -0.2) is 0 Å². The van der Waals surface area contributed by atoms with E-state index >= 15 is 0 Å². The van der Waals surface area contributed by atoms with E-state index in [1.54, 1.807) is 18.3 Å². The monoisotopic (exact) mass is 284 g/mol. The normalized spacial score (nSPS) is 10.6. The molecule has 1 heterocycles. The van der Waals surface area contributed by atoms with Crippen LogP contribution in [0.2, 0.25) is 10.0 Å². The summed E-state index contributed by atoms with van der Waals surface area (Å²) in [7, 11) is 1.92. The molecule has 0 bridgehead atoms. The van der Waals surface area contributed by atoms with Crippen LogP contribution in [-0.4, -0.2) is 16.3 Å². The molecule has 2 rings (SSSR count). The predicted octanol–water partition coefficient (Wildman–Crippen LogP) is 2.96. The molecule has 6 heteroatoms. The Morgan fingerprint density at radius 1 is 1.33 bits per heavy atom. The van der Waals surface area contributed by atoms with E-state index in [2.05, 4.69) is 10.4 Å². The minimum absolute atomic E-state index is 0.532. The first-order chi connectivity index (χ1) is 8.58. The average molecular weight is 285 g/mol. The Bertz CT molecular complexity index is 528. The van der Waals surface area contributed by atoms with Gasteiger partial charge in [-0.3, -0.25) is 4.68 Å². The van der Waals surface area contributed by atoms with Crippen LogP contribution in [0.25, 0.3) is 0 Å². The van der Waals surface area contributed by atoms with Crippen molar-refractivity contribution in [1.82, 2.24) is 9.78 Å². The zero-order valence-corrected chi connectivity index (χ0v) is 11.5. The average Bonchev–Trinajstić information content (AvgIpc) is 2.68. The summed E-state index contributed by atoms with van der Waals surface area (Å²) in [5.74, 6) is 0. The summed E-state index contributed by atoms with van der Waals surface area (Å²) in [5, 5.41) is 8.39. The fraction of sp³-hybridized carbons (Fsp3) is 0.250. The summed E-state index contributed by atoms with van der Waals surface area (Å²) >= 11 is 12.2. The second kappa shape index (κ2) is 5.50. The summed E-state index contributed by atoms with van der Waals surface area (Å²) in [6.07, 6.45) is 2.62. The van der Waals surface area contributed by atoms with Gasteiger partial charge in [-0.1, -0.05) is 23.2 Å². The molecule has 0 radical (unpaired) electrons. The number of aromatic nitrogens is 2. The first-order valence-electron chi connectivity index (χ1n) is 5.53. The van der Waals surface area contributed by atoms with Crippen LogP contribution >= 0.6 is 23.2 Å². The van der Waals surface area contributed by atoms with Crippen molar-refractivity contribution in [2.45, 2.75) is 6.42 Å². The Hall–Kier alpha value is -1.39. The number of aryl methyl sites for hydroxylation is 1. The zero-order chi connectivity index (χ0) is 13.1. The highest BCUT2D eigenvalue weighted by Gasteiger charge is 2.07. The number of nitrogens with two attached hydrogens (primary N) is 1. The Labute approximate surface area is 116 Å². The van der Waals surface area contributed by atoms with E-state index in [-0.39, 0.29) is 0 Å². The van der Waals surface area contributed by atoms with E-state index in [1.807, 2.05) is 17.8 Å². The van der Waals surface area contributed by atoms with Crippen LogP contribution in [0.4, 0.5) is 11.4 Å². The highest BCUT2D eigenvalue weighted by Crippen LogP contribution is 2.32. The molecule has 0 saturated carbocycles. The Balaban J connectivity index is 2.01. The molecule has 0 atom stereocenters. The molecular formula is C12H14Cl2N4. The second-order valence-corrected chi connectivity index (χ2v) is 4.80. The molecule has 0 aliphatic carbocycles. The Morgan fingerprint density at radius 3 is 2.56 bits per heavy atom. The number of nitrogens with one attached hydrogen (secondary N) is 1. The largest absolute Gasteiger partial charge is 0.399 e. The van der Waals surface area contributed by atoms with E-state index in [0.717, 1.165) is 24.3 Å².